The highest BCUT2D eigenvalue weighted by Gasteiger charge is 2.01. The van der Waals surface area contributed by atoms with Gasteiger partial charge in [-0.15, -0.1) is 12.4 Å². The molecule has 0 aromatic rings. The predicted octanol–water partition coefficient (Wildman–Crippen LogP) is 0.538. The lowest BCUT2D eigenvalue weighted by Crippen LogP contribution is -2.25. The summed E-state index contributed by atoms with van der Waals surface area (Å²) in [4.78, 5) is 12.9. The molecule has 0 aliphatic carbocycles. The molecule has 0 radical (unpaired) electrons. The molecule has 0 heterocycles. The summed E-state index contributed by atoms with van der Waals surface area (Å²) in [5, 5.41) is 3.11. The first-order chi connectivity index (χ1) is 5.16. The molecule has 3 nitrogen and oxygen atoms in total. The van der Waals surface area contributed by atoms with Crippen molar-refractivity contribution < 1.29 is 4.79 Å². The van der Waals surface area contributed by atoms with E-state index in [2.05, 4.69) is 5.32 Å². The molecular formula is C8H19ClN2O. The molecule has 4 heteroatoms. The average molecular weight is 195 g/mol. The molecule has 12 heavy (non-hydrogen) atoms. The van der Waals surface area contributed by atoms with Crippen LogP contribution in [0.3, 0.4) is 0 Å². The Kier molecular flexibility index (Phi) is 10.8. The molecule has 0 spiro atoms. The number of rotatable bonds is 6. The van der Waals surface area contributed by atoms with E-state index in [1.807, 2.05) is 25.9 Å². The minimum Gasteiger partial charge on any atom is -0.317 e. The van der Waals surface area contributed by atoms with Crippen molar-refractivity contribution in [2.75, 3.05) is 33.7 Å². The van der Waals surface area contributed by atoms with Crippen LogP contribution < -0.4 is 5.32 Å². The van der Waals surface area contributed by atoms with Gasteiger partial charge in [-0.3, -0.25) is 4.79 Å². The van der Waals surface area contributed by atoms with Crippen LogP contribution in [0.2, 0.25) is 0 Å². The minimum atomic E-state index is 0. The second kappa shape index (κ2) is 8.97. The van der Waals surface area contributed by atoms with Crippen LogP contribution in [0.4, 0.5) is 0 Å². The number of carbonyl (C=O) groups is 1. The van der Waals surface area contributed by atoms with Crippen LogP contribution >= 0.6 is 12.4 Å². The highest BCUT2D eigenvalue weighted by molar-refractivity contribution is 5.85. The molecule has 0 aliphatic heterocycles. The zero-order valence-electron chi connectivity index (χ0n) is 8.09. The van der Waals surface area contributed by atoms with E-state index in [-0.39, 0.29) is 12.4 Å². The highest BCUT2D eigenvalue weighted by Crippen LogP contribution is 1.83. The number of Topliss-reactive ketones (excluding diaryl/α,β-unsaturated/α-hetero) is 1. The van der Waals surface area contributed by atoms with Crippen LogP contribution in [0.1, 0.15) is 13.3 Å². The number of nitrogens with one attached hydrogen (secondary N) is 1. The summed E-state index contributed by atoms with van der Waals surface area (Å²) in [6.45, 7) is 4.35. The van der Waals surface area contributed by atoms with Crippen LogP contribution in [-0.4, -0.2) is 44.4 Å². The Hall–Kier alpha value is -0.120. The molecule has 0 rings (SSSR count). The first-order valence-electron chi connectivity index (χ1n) is 4.04. The van der Waals surface area contributed by atoms with E-state index in [1.54, 1.807) is 0 Å². The lowest BCUT2D eigenvalue weighted by molar-refractivity contribution is -0.119. The van der Waals surface area contributed by atoms with Crippen LogP contribution in [0.25, 0.3) is 0 Å². The molecule has 0 saturated heterocycles. The van der Waals surface area contributed by atoms with Crippen molar-refractivity contribution in [2.24, 2.45) is 0 Å². The Labute approximate surface area is 80.9 Å². The van der Waals surface area contributed by atoms with Crippen LogP contribution in [0, 0.1) is 0 Å². The third-order valence-corrected chi connectivity index (χ3v) is 1.32. The van der Waals surface area contributed by atoms with Gasteiger partial charge in [-0.1, -0.05) is 6.92 Å². The quantitative estimate of drug-likeness (QED) is 0.627. The Morgan fingerprint density at radius 2 is 2.00 bits per heavy atom. The van der Waals surface area contributed by atoms with Crippen molar-refractivity contribution in [3.8, 4) is 0 Å². The van der Waals surface area contributed by atoms with Crippen molar-refractivity contribution in [2.45, 2.75) is 13.3 Å². The van der Waals surface area contributed by atoms with Crippen molar-refractivity contribution in [1.29, 1.82) is 0 Å². The van der Waals surface area contributed by atoms with Crippen molar-refractivity contribution in [3.05, 3.63) is 0 Å². The number of ketones is 1. The summed E-state index contributed by atoms with van der Waals surface area (Å²) in [6, 6.07) is 0. The van der Waals surface area contributed by atoms with Gasteiger partial charge in [0.05, 0.1) is 6.54 Å². The van der Waals surface area contributed by atoms with Crippen molar-refractivity contribution in [3.63, 3.8) is 0 Å². The number of carbonyl (C=O) groups excluding carboxylic acids is 1. The predicted molar refractivity (Wildman–Crippen MR) is 54.0 cm³/mol. The van der Waals surface area contributed by atoms with Gasteiger partial charge in [-0.05, 0) is 20.6 Å². The minimum absolute atomic E-state index is 0. The maximum atomic E-state index is 11.0. The Bertz CT molecular complexity index is 118. The van der Waals surface area contributed by atoms with E-state index in [1.165, 1.54) is 0 Å². The Morgan fingerprint density at radius 1 is 1.42 bits per heavy atom. The van der Waals surface area contributed by atoms with Gasteiger partial charge in [-0.2, -0.15) is 0 Å². The van der Waals surface area contributed by atoms with E-state index in [0.29, 0.717) is 18.7 Å². The molecule has 0 aromatic carbocycles. The van der Waals surface area contributed by atoms with Crippen LogP contribution in [-0.2, 0) is 4.79 Å². The molecule has 0 fully saturated rings. The molecule has 0 atom stereocenters. The topological polar surface area (TPSA) is 32.3 Å². The van der Waals surface area contributed by atoms with Crippen LogP contribution in [0.5, 0.6) is 0 Å². The van der Waals surface area contributed by atoms with E-state index in [4.69, 9.17) is 0 Å². The van der Waals surface area contributed by atoms with Gasteiger partial charge in [0, 0.05) is 13.0 Å². The standard InChI is InChI=1S/C8H18N2O.ClH/c1-4-9-6-5-8(11)7-10(2)3;/h9H,4-7H2,1-3H3;1H. The zero-order valence-corrected chi connectivity index (χ0v) is 8.91. The van der Waals surface area contributed by atoms with E-state index >= 15 is 0 Å². The SMILES string of the molecule is CCNCCC(=O)CN(C)C.Cl. The number of nitrogens with zero attached hydrogens (tertiary/aromatic N) is 1. The monoisotopic (exact) mass is 194 g/mol. The number of hydrogen-bond acceptors (Lipinski definition) is 3. The second-order valence-electron chi connectivity index (χ2n) is 2.88. The second-order valence-corrected chi connectivity index (χ2v) is 2.88. The molecule has 0 aromatic heterocycles. The van der Waals surface area contributed by atoms with Gasteiger partial charge in [0.1, 0.15) is 5.78 Å². The summed E-state index contributed by atoms with van der Waals surface area (Å²) >= 11 is 0. The molecule has 74 valence electrons. The number of hydrogen-bond donors (Lipinski definition) is 1. The lowest BCUT2D eigenvalue weighted by Gasteiger charge is -2.07. The maximum absolute atomic E-state index is 11.0. The van der Waals surface area contributed by atoms with Gasteiger partial charge in [-0.25, -0.2) is 0 Å². The fourth-order valence-corrected chi connectivity index (χ4v) is 0.836. The highest BCUT2D eigenvalue weighted by atomic mass is 35.5. The summed E-state index contributed by atoms with van der Waals surface area (Å²) in [5.74, 6) is 0.302. The summed E-state index contributed by atoms with van der Waals surface area (Å²) in [5.41, 5.74) is 0. The lowest BCUT2D eigenvalue weighted by atomic mass is 10.3. The molecule has 0 unspecified atom stereocenters. The smallest absolute Gasteiger partial charge is 0.148 e. The summed E-state index contributed by atoms with van der Waals surface area (Å²) < 4.78 is 0. The molecule has 0 bridgehead atoms. The van der Waals surface area contributed by atoms with E-state index in [9.17, 15) is 4.79 Å². The fourth-order valence-electron chi connectivity index (χ4n) is 0.836. The largest absolute Gasteiger partial charge is 0.317 e. The fraction of sp³-hybridized carbons (Fsp3) is 0.875. The molecule has 0 saturated carbocycles. The first-order valence-corrected chi connectivity index (χ1v) is 4.04. The summed E-state index contributed by atoms with van der Waals surface area (Å²) in [6.07, 6.45) is 0.645. The molecule has 0 aliphatic rings. The van der Waals surface area contributed by atoms with Gasteiger partial charge in [0.2, 0.25) is 0 Å². The average Bonchev–Trinajstić information content (AvgIpc) is 1.86. The Balaban J connectivity index is 0. The number of likely N-dealkylation sites (N-methyl/N-ethyl adjacent to an activating group) is 1. The van der Waals surface area contributed by atoms with Gasteiger partial charge in [0.15, 0.2) is 0 Å². The van der Waals surface area contributed by atoms with Crippen molar-refractivity contribution >= 4 is 18.2 Å². The number of halogens is 1. The van der Waals surface area contributed by atoms with E-state index in [0.717, 1.165) is 13.1 Å². The Morgan fingerprint density at radius 3 is 2.42 bits per heavy atom. The molecule has 1 N–H and O–H groups in total. The van der Waals surface area contributed by atoms with Crippen LogP contribution in [0.15, 0.2) is 0 Å². The third-order valence-electron chi connectivity index (χ3n) is 1.32. The van der Waals surface area contributed by atoms with E-state index < -0.39 is 0 Å². The summed E-state index contributed by atoms with van der Waals surface area (Å²) in [7, 11) is 3.82. The van der Waals surface area contributed by atoms with Crippen molar-refractivity contribution in [1.82, 2.24) is 10.2 Å². The van der Waals surface area contributed by atoms with Gasteiger partial charge < -0.3 is 10.2 Å². The maximum Gasteiger partial charge on any atom is 0.148 e. The third kappa shape index (κ3) is 9.88. The first kappa shape index (κ1) is 14.4. The zero-order chi connectivity index (χ0) is 8.69. The van der Waals surface area contributed by atoms with Gasteiger partial charge in [0.25, 0.3) is 0 Å². The molecular weight excluding hydrogens is 176 g/mol. The normalized spacial score (nSPS) is 9.67. The van der Waals surface area contributed by atoms with Gasteiger partial charge >= 0.3 is 0 Å². The molecule has 0 amide bonds.